The van der Waals surface area contributed by atoms with Crippen LogP contribution in [0.1, 0.15) is 32.8 Å². The van der Waals surface area contributed by atoms with Gasteiger partial charge in [0.25, 0.3) is 0 Å². The average molecular weight is 370 g/mol. The molecule has 1 unspecified atom stereocenters. The summed E-state index contributed by atoms with van der Waals surface area (Å²) in [5, 5.41) is 10.3. The van der Waals surface area contributed by atoms with Crippen LogP contribution in [0.3, 0.4) is 0 Å². The number of guanidine groups is 1. The summed E-state index contributed by atoms with van der Waals surface area (Å²) in [5.74, 6) is 1.80. The van der Waals surface area contributed by atoms with E-state index in [2.05, 4.69) is 63.2 Å². The predicted molar refractivity (Wildman–Crippen MR) is 110 cm³/mol. The minimum Gasteiger partial charge on any atom is -0.357 e. The van der Waals surface area contributed by atoms with Gasteiger partial charge in [-0.3, -0.25) is 10.00 Å². The molecule has 146 valence electrons. The van der Waals surface area contributed by atoms with Gasteiger partial charge in [-0.15, -0.1) is 0 Å². The van der Waals surface area contributed by atoms with E-state index in [4.69, 9.17) is 4.99 Å². The summed E-state index contributed by atoms with van der Waals surface area (Å²) >= 11 is 0. The highest BCUT2D eigenvalue weighted by Crippen LogP contribution is 2.18. The summed E-state index contributed by atoms with van der Waals surface area (Å²) in [4.78, 5) is 14.1. The summed E-state index contributed by atoms with van der Waals surface area (Å²) in [5.41, 5.74) is 2.20. The van der Waals surface area contributed by atoms with Gasteiger partial charge in [-0.25, -0.2) is 9.98 Å². The molecule has 3 rings (SSSR count). The molecular weight excluding hydrogens is 338 g/mol. The number of aromatic nitrogens is 3. The van der Waals surface area contributed by atoms with Crippen LogP contribution in [-0.4, -0.2) is 69.7 Å². The highest BCUT2D eigenvalue weighted by Gasteiger charge is 2.27. The quantitative estimate of drug-likeness (QED) is 0.579. The van der Waals surface area contributed by atoms with Crippen LogP contribution < -0.4 is 5.32 Å². The Kier molecular flexibility index (Phi) is 6.81. The molecule has 1 aliphatic rings. The first kappa shape index (κ1) is 19.4. The van der Waals surface area contributed by atoms with Crippen molar-refractivity contribution in [2.24, 2.45) is 4.99 Å². The third-order valence-corrected chi connectivity index (χ3v) is 5.15. The predicted octanol–water partition coefficient (Wildman–Crippen LogP) is 2.35. The lowest BCUT2D eigenvalue weighted by Crippen LogP contribution is -2.43. The number of nitrogens with zero attached hydrogens (tertiary/aromatic N) is 5. The van der Waals surface area contributed by atoms with Crippen molar-refractivity contribution in [3.8, 4) is 11.4 Å². The van der Waals surface area contributed by atoms with Crippen LogP contribution in [0.4, 0.5) is 0 Å². The van der Waals surface area contributed by atoms with Gasteiger partial charge >= 0.3 is 0 Å². The zero-order chi connectivity index (χ0) is 19.1. The molecule has 1 aliphatic heterocycles. The van der Waals surface area contributed by atoms with Crippen LogP contribution >= 0.6 is 0 Å². The van der Waals surface area contributed by atoms with Gasteiger partial charge in [-0.05, 0) is 38.1 Å². The lowest BCUT2D eigenvalue weighted by molar-refractivity contribution is 0.223. The topological polar surface area (TPSA) is 72.4 Å². The maximum atomic E-state index is 4.90. The molecule has 0 spiro atoms. The van der Waals surface area contributed by atoms with Gasteiger partial charge in [0.05, 0.1) is 6.54 Å². The fraction of sp³-hybridized carbons (Fsp3) is 0.550. The first-order valence-electron chi connectivity index (χ1n) is 9.97. The average Bonchev–Trinajstić information content (AvgIpc) is 3.39. The molecule has 0 radical (unpaired) electrons. The third kappa shape index (κ3) is 4.86. The fourth-order valence-corrected chi connectivity index (χ4v) is 3.73. The van der Waals surface area contributed by atoms with Crippen molar-refractivity contribution < 1.29 is 0 Å². The Labute approximate surface area is 161 Å². The Morgan fingerprint density at radius 2 is 2.19 bits per heavy atom. The van der Waals surface area contributed by atoms with Crippen molar-refractivity contribution in [1.29, 1.82) is 0 Å². The van der Waals surface area contributed by atoms with Gasteiger partial charge in [-0.1, -0.05) is 32.0 Å². The molecule has 0 amide bonds. The second kappa shape index (κ2) is 9.50. The molecule has 0 saturated carbocycles. The first-order chi connectivity index (χ1) is 13.2. The largest absolute Gasteiger partial charge is 0.357 e. The number of likely N-dealkylation sites (tertiary alicyclic amines) is 1. The second-order valence-electron chi connectivity index (χ2n) is 6.81. The summed E-state index contributed by atoms with van der Waals surface area (Å²) < 4.78 is 0. The number of likely N-dealkylation sites (N-methyl/N-ethyl adjacent to an activating group) is 1. The van der Waals surface area contributed by atoms with E-state index in [9.17, 15) is 0 Å². The second-order valence-corrected chi connectivity index (χ2v) is 6.81. The normalized spacial score (nSPS) is 17.7. The summed E-state index contributed by atoms with van der Waals surface area (Å²) in [6.07, 6.45) is 2.73. The molecule has 1 atom stereocenters. The number of rotatable bonds is 7. The van der Waals surface area contributed by atoms with E-state index in [-0.39, 0.29) is 0 Å². The monoisotopic (exact) mass is 369 g/mol. The molecule has 27 heavy (non-hydrogen) atoms. The Bertz CT molecular complexity index is 722. The molecule has 0 bridgehead atoms. The number of hydrogen-bond acceptors (Lipinski definition) is 4. The van der Waals surface area contributed by atoms with Gasteiger partial charge in [0.15, 0.2) is 11.8 Å². The van der Waals surface area contributed by atoms with E-state index >= 15 is 0 Å². The van der Waals surface area contributed by atoms with Gasteiger partial charge in [0.2, 0.25) is 0 Å². The minimum atomic E-state index is 0.624. The summed E-state index contributed by atoms with van der Waals surface area (Å²) in [7, 11) is 0. The van der Waals surface area contributed by atoms with Crippen LogP contribution in [0.15, 0.2) is 35.6 Å². The molecule has 1 aromatic carbocycles. The molecule has 7 heteroatoms. The number of aliphatic imine (C=N–C) groups is 1. The minimum absolute atomic E-state index is 0.624. The maximum Gasteiger partial charge on any atom is 0.194 e. The summed E-state index contributed by atoms with van der Waals surface area (Å²) in [6, 6.07) is 8.93. The molecule has 7 nitrogen and oxygen atoms in total. The van der Waals surface area contributed by atoms with Crippen LogP contribution in [0.25, 0.3) is 11.4 Å². The van der Waals surface area contributed by atoms with Crippen molar-refractivity contribution in [3.05, 3.63) is 36.2 Å². The van der Waals surface area contributed by atoms with E-state index in [1.807, 2.05) is 12.1 Å². The van der Waals surface area contributed by atoms with E-state index in [1.54, 1.807) is 0 Å². The highest BCUT2D eigenvalue weighted by atomic mass is 15.3. The fourth-order valence-electron chi connectivity index (χ4n) is 3.73. The van der Waals surface area contributed by atoms with Crippen LogP contribution in [0.2, 0.25) is 0 Å². The van der Waals surface area contributed by atoms with E-state index in [1.165, 1.54) is 18.3 Å². The third-order valence-electron chi connectivity index (χ3n) is 5.15. The molecule has 2 aromatic rings. The molecule has 2 heterocycles. The van der Waals surface area contributed by atoms with Crippen LogP contribution in [-0.2, 0) is 6.54 Å². The van der Waals surface area contributed by atoms with Crippen molar-refractivity contribution >= 4 is 5.96 Å². The van der Waals surface area contributed by atoms with Gasteiger partial charge in [0.1, 0.15) is 6.33 Å². The molecule has 1 saturated heterocycles. The van der Waals surface area contributed by atoms with Crippen LogP contribution in [0, 0.1) is 0 Å². The van der Waals surface area contributed by atoms with Gasteiger partial charge in [-0.2, -0.15) is 5.10 Å². The number of H-pyrrole nitrogens is 1. The standard InChI is InChI=1S/C20H31N7/c1-4-21-20(27-11-10-18(14-27)26(5-2)6-3)22-13-16-8-7-9-17(12-16)19-23-15-24-25-19/h7-9,12,15,18H,4-6,10-11,13-14H2,1-3H3,(H,21,22)(H,23,24,25). The lowest BCUT2D eigenvalue weighted by atomic mass is 10.1. The number of nitrogens with one attached hydrogen (secondary N) is 2. The van der Waals surface area contributed by atoms with Gasteiger partial charge in [0, 0.05) is 31.2 Å². The molecule has 1 aromatic heterocycles. The molecule has 1 fully saturated rings. The van der Waals surface area contributed by atoms with Crippen molar-refractivity contribution in [2.75, 3.05) is 32.7 Å². The Morgan fingerprint density at radius 1 is 1.33 bits per heavy atom. The van der Waals surface area contributed by atoms with E-state index in [0.29, 0.717) is 12.6 Å². The van der Waals surface area contributed by atoms with Crippen LogP contribution in [0.5, 0.6) is 0 Å². The van der Waals surface area contributed by atoms with E-state index in [0.717, 1.165) is 50.1 Å². The Hall–Kier alpha value is -2.41. The number of hydrogen-bond donors (Lipinski definition) is 2. The van der Waals surface area contributed by atoms with Gasteiger partial charge < -0.3 is 10.2 Å². The van der Waals surface area contributed by atoms with Crippen molar-refractivity contribution in [2.45, 2.75) is 39.8 Å². The zero-order valence-electron chi connectivity index (χ0n) is 16.6. The molecule has 0 aliphatic carbocycles. The summed E-state index contributed by atoms with van der Waals surface area (Å²) in [6.45, 7) is 12.5. The maximum absolute atomic E-state index is 4.90. The van der Waals surface area contributed by atoms with E-state index < -0.39 is 0 Å². The SMILES string of the molecule is CCNC(=NCc1cccc(-c2ncn[nH]2)c1)N1CCC(N(CC)CC)C1. The smallest absolute Gasteiger partial charge is 0.194 e. The zero-order valence-corrected chi connectivity index (χ0v) is 16.6. The number of aromatic amines is 1. The highest BCUT2D eigenvalue weighted by molar-refractivity contribution is 5.80. The molecular formula is C20H31N7. The Balaban J connectivity index is 1.69. The first-order valence-corrected chi connectivity index (χ1v) is 9.97. The number of benzene rings is 1. The Morgan fingerprint density at radius 3 is 2.89 bits per heavy atom. The molecule has 2 N–H and O–H groups in total. The van der Waals surface area contributed by atoms with Crippen molar-refractivity contribution in [3.63, 3.8) is 0 Å². The van der Waals surface area contributed by atoms with Crippen molar-refractivity contribution in [1.82, 2.24) is 30.3 Å². The lowest BCUT2D eigenvalue weighted by Gasteiger charge is -2.27.